The molecule has 3 heteroatoms. The second-order valence-electron chi connectivity index (χ2n) is 4.42. The number of alkyl halides is 1. The smallest absolute Gasteiger partial charge is 0.122 e. The van der Waals surface area contributed by atoms with Crippen LogP contribution < -0.4 is 0 Å². The molecule has 2 nitrogen and oxygen atoms in total. The van der Waals surface area contributed by atoms with Gasteiger partial charge in [-0.25, -0.2) is 4.39 Å². The maximum absolute atomic E-state index is 13.6. The topological polar surface area (TPSA) is 12.5 Å². The third-order valence-corrected chi connectivity index (χ3v) is 3.15. The van der Waals surface area contributed by atoms with Crippen LogP contribution in [0.5, 0.6) is 0 Å². The van der Waals surface area contributed by atoms with Crippen molar-refractivity contribution in [3.8, 4) is 0 Å². The van der Waals surface area contributed by atoms with Crippen molar-refractivity contribution in [2.24, 2.45) is 0 Å². The zero-order valence-electron chi connectivity index (χ0n) is 7.77. The molecule has 0 aromatic carbocycles. The van der Waals surface area contributed by atoms with E-state index in [1.165, 1.54) is 0 Å². The molecule has 0 aliphatic carbocycles. The third-order valence-electron chi connectivity index (χ3n) is 3.15. The molecule has 2 rings (SSSR count). The lowest BCUT2D eigenvalue weighted by Gasteiger charge is -2.47. The Balaban J connectivity index is 2.08. The first kappa shape index (κ1) is 8.45. The van der Waals surface area contributed by atoms with E-state index in [1.807, 2.05) is 0 Å². The highest BCUT2D eigenvalue weighted by atomic mass is 19.1. The van der Waals surface area contributed by atoms with Crippen LogP contribution in [-0.2, 0) is 4.74 Å². The Bertz CT molecular complexity index is 195. The van der Waals surface area contributed by atoms with Gasteiger partial charge in [0.1, 0.15) is 5.67 Å². The van der Waals surface area contributed by atoms with E-state index in [0.29, 0.717) is 19.6 Å². The Morgan fingerprint density at radius 1 is 1.58 bits per heavy atom. The molecule has 0 aromatic rings. The molecule has 0 unspecified atom stereocenters. The number of hydrogen-bond acceptors (Lipinski definition) is 2. The largest absolute Gasteiger partial charge is 0.383 e. The molecule has 0 spiro atoms. The predicted octanol–water partition coefficient (Wildman–Crippen LogP) is 1.21. The molecule has 2 saturated heterocycles. The normalized spacial score (nSPS) is 47.2. The van der Waals surface area contributed by atoms with E-state index in [4.69, 9.17) is 4.74 Å². The predicted molar refractivity (Wildman–Crippen MR) is 44.9 cm³/mol. The Kier molecular flexibility index (Phi) is 1.70. The molecule has 0 radical (unpaired) electrons. The highest BCUT2D eigenvalue weighted by Gasteiger charge is 2.56. The van der Waals surface area contributed by atoms with E-state index in [0.717, 1.165) is 13.0 Å². The molecule has 0 saturated carbocycles. The molecular formula is C9H16FNO. The van der Waals surface area contributed by atoms with Gasteiger partial charge in [-0.3, -0.25) is 4.90 Å². The summed E-state index contributed by atoms with van der Waals surface area (Å²) in [5.74, 6) is 0. The number of methoxy groups -OCH3 is 1. The summed E-state index contributed by atoms with van der Waals surface area (Å²) in [6, 6.07) is 0. The minimum atomic E-state index is -0.991. The summed E-state index contributed by atoms with van der Waals surface area (Å²) < 4.78 is 18.8. The van der Waals surface area contributed by atoms with E-state index < -0.39 is 5.67 Å². The van der Waals surface area contributed by atoms with E-state index in [2.05, 4.69) is 4.90 Å². The molecule has 0 amide bonds. The molecule has 12 heavy (non-hydrogen) atoms. The van der Waals surface area contributed by atoms with Crippen LogP contribution in [0.3, 0.4) is 0 Å². The fourth-order valence-electron chi connectivity index (χ4n) is 2.66. The second kappa shape index (κ2) is 2.42. The fourth-order valence-corrected chi connectivity index (χ4v) is 2.66. The van der Waals surface area contributed by atoms with Gasteiger partial charge >= 0.3 is 0 Å². The fraction of sp³-hybridized carbons (Fsp3) is 1.00. The van der Waals surface area contributed by atoms with Gasteiger partial charge in [0.25, 0.3) is 0 Å². The van der Waals surface area contributed by atoms with Crippen molar-refractivity contribution in [3.05, 3.63) is 0 Å². The molecule has 70 valence electrons. The summed E-state index contributed by atoms with van der Waals surface area (Å²) in [6.07, 6.45) is 1.74. The lowest BCUT2D eigenvalue weighted by molar-refractivity contribution is -0.0340. The van der Waals surface area contributed by atoms with Crippen LogP contribution in [0.25, 0.3) is 0 Å². The summed E-state index contributed by atoms with van der Waals surface area (Å²) in [5, 5.41) is 0. The molecule has 2 fully saturated rings. The third kappa shape index (κ3) is 1.07. The van der Waals surface area contributed by atoms with Crippen LogP contribution in [0.15, 0.2) is 0 Å². The van der Waals surface area contributed by atoms with Gasteiger partial charge in [0.2, 0.25) is 0 Å². The Morgan fingerprint density at radius 2 is 2.33 bits per heavy atom. The van der Waals surface area contributed by atoms with Crippen molar-refractivity contribution in [2.75, 3.05) is 26.8 Å². The van der Waals surface area contributed by atoms with Crippen LogP contribution in [-0.4, -0.2) is 42.9 Å². The molecule has 0 N–H and O–H groups in total. The van der Waals surface area contributed by atoms with Gasteiger partial charge in [0.15, 0.2) is 0 Å². The monoisotopic (exact) mass is 173 g/mol. The summed E-state index contributed by atoms with van der Waals surface area (Å²) in [5.41, 5.74) is -0.937. The zero-order valence-corrected chi connectivity index (χ0v) is 7.77. The van der Waals surface area contributed by atoms with Crippen molar-refractivity contribution in [2.45, 2.75) is 31.0 Å². The van der Waals surface area contributed by atoms with Gasteiger partial charge in [0.05, 0.1) is 6.61 Å². The molecule has 2 heterocycles. The minimum absolute atomic E-state index is 0.0538. The van der Waals surface area contributed by atoms with Gasteiger partial charge in [-0.15, -0.1) is 0 Å². The van der Waals surface area contributed by atoms with E-state index in [9.17, 15) is 4.39 Å². The van der Waals surface area contributed by atoms with Crippen molar-refractivity contribution in [3.63, 3.8) is 0 Å². The van der Waals surface area contributed by atoms with Crippen LogP contribution in [0.4, 0.5) is 4.39 Å². The zero-order chi connectivity index (χ0) is 8.82. The Morgan fingerprint density at radius 3 is 2.75 bits per heavy atom. The van der Waals surface area contributed by atoms with Crippen LogP contribution in [0, 0.1) is 0 Å². The standard InChI is InChI=1S/C9H16FNO/c1-8(10)5-9(7-12-2)3-4-11(9)6-8/h3-7H2,1-2H3/t8-,9+/m1/s1. The quantitative estimate of drug-likeness (QED) is 0.622. The first-order valence-electron chi connectivity index (χ1n) is 4.51. The van der Waals surface area contributed by atoms with Crippen molar-refractivity contribution in [1.29, 1.82) is 0 Å². The van der Waals surface area contributed by atoms with E-state index in [1.54, 1.807) is 14.0 Å². The summed E-state index contributed by atoms with van der Waals surface area (Å²) in [4.78, 5) is 2.22. The molecule has 0 bridgehead atoms. The molecular weight excluding hydrogens is 157 g/mol. The SMILES string of the molecule is COC[C@@]12CCN1C[C@](C)(F)C2. The van der Waals surface area contributed by atoms with Crippen LogP contribution >= 0.6 is 0 Å². The molecule has 2 aliphatic rings. The molecule has 2 aliphatic heterocycles. The van der Waals surface area contributed by atoms with Gasteiger partial charge in [-0.2, -0.15) is 0 Å². The van der Waals surface area contributed by atoms with Crippen molar-refractivity contribution >= 4 is 0 Å². The number of ether oxygens (including phenoxy) is 1. The summed E-state index contributed by atoms with van der Waals surface area (Å²) >= 11 is 0. The average molecular weight is 173 g/mol. The van der Waals surface area contributed by atoms with Crippen LogP contribution in [0.2, 0.25) is 0 Å². The Labute approximate surface area is 72.7 Å². The minimum Gasteiger partial charge on any atom is -0.383 e. The molecule has 2 atom stereocenters. The first-order chi connectivity index (χ1) is 5.58. The van der Waals surface area contributed by atoms with Crippen LogP contribution in [0.1, 0.15) is 19.8 Å². The lowest BCUT2D eigenvalue weighted by Crippen LogP contribution is -2.58. The van der Waals surface area contributed by atoms with Crippen molar-refractivity contribution in [1.82, 2.24) is 4.90 Å². The summed E-state index contributed by atoms with van der Waals surface area (Å²) in [6.45, 7) is 4.02. The van der Waals surface area contributed by atoms with Gasteiger partial charge in [-0.1, -0.05) is 0 Å². The lowest BCUT2D eigenvalue weighted by atomic mass is 9.84. The highest BCUT2D eigenvalue weighted by molar-refractivity contribution is 5.11. The Hall–Kier alpha value is -0.150. The van der Waals surface area contributed by atoms with Gasteiger partial charge < -0.3 is 4.74 Å². The second-order valence-corrected chi connectivity index (χ2v) is 4.42. The van der Waals surface area contributed by atoms with E-state index in [-0.39, 0.29) is 5.54 Å². The first-order valence-corrected chi connectivity index (χ1v) is 4.51. The average Bonchev–Trinajstić information content (AvgIpc) is 2.12. The van der Waals surface area contributed by atoms with Crippen molar-refractivity contribution < 1.29 is 9.13 Å². The van der Waals surface area contributed by atoms with E-state index >= 15 is 0 Å². The number of fused-ring (bicyclic) bond motifs is 1. The summed E-state index contributed by atoms with van der Waals surface area (Å²) in [7, 11) is 1.69. The maximum atomic E-state index is 13.6. The number of rotatable bonds is 2. The van der Waals surface area contributed by atoms with Gasteiger partial charge in [-0.05, 0) is 13.3 Å². The number of nitrogens with zero attached hydrogens (tertiary/aromatic N) is 1. The number of halogens is 1. The maximum Gasteiger partial charge on any atom is 0.122 e. The number of hydrogen-bond donors (Lipinski definition) is 0. The van der Waals surface area contributed by atoms with Gasteiger partial charge in [0, 0.05) is 32.2 Å². The highest BCUT2D eigenvalue weighted by Crippen LogP contribution is 2.46. The molecule has 0 aromatic heterocycles.